The second-order valence-electron chi connectivity index (χ2n) is 8.10. The van der Waals surface area contributed by atoms with E-state index in [1.165, 1.54) is 50.6 Å². The van der Waals surface area contributed by atoms with Gasteiger partial charge >= 0.3 is 46.9 Å². The van der Waals surface area contributed by atoms with Gasteiger partial charge in [0.25, 0.3) is 10.0 Å². The van der Waals surface area contributed by atoms with Gasteiger partial charge in [0, 0.05) is 22.9 Å². The van der Waals surface area contributed by atoms with Crippen LogP contribution in [0.1, 0.15) is 21.6 Å². The van der Waals surface area contributed by atoms with Crippen molar-refractivity contribution in [2.45, 2.75) is 28.9 Å². The summed E-state index contributed by atoms with van der Waals surface area (Å²) in [5.41, 5.74) is 0.225. The molecular formula is C24H21F3N3NaO7S2. The van der Waals surface area contributed by atoms with Gasteiger partial charge in [-0.05, 0) is 43.3 Å². The molecule has 0 saturated carbocycles. The number of aromatic carboxylic acids is 1. The molecule has 0 spiro atoms. The first kappa shape index (κ1) is 31.7. The van der Waals surface area contributed by atoms with E-state index in [4.69, 9.17) is 9.47 Å². The van der Waals surface area contributed by atoms with Gasteiger partial charge in [-0.25, -0.2) is 13.2 Å². The number of carbonyl (C=O) groups is 1. The summed E-state index contributed by atoms with van der Waals surface area (Å²) >= 11 is -2.19. The summed E-state index contributed by atoms with van der Waals surface area (Å²) in [6, 6.07) is 10.6. The van der Waals surface area contributed by atoms with Crippen LogP contribution in [-0.4, -0.2) is 87.4 Å². The van der Waals surface area contributed by atoms with Crippen molar-refractivity contribution in [3.05, 3.63) is 71.5 Å². The number of aromatic nitrogens is 3. The van der Waals surface area contributed by atoms with Crippen LogP contribution in [0.3, 0.4) is 0 Å². The number of alkyl halides is 3. The number of ether oxygens (including phenoxy) is 2. The van der Waals surface area contributed by atoms with Gasteiger partial charge < -0.3 is 19.1 Å². The summed E-state index contributed by atoms with van der Waals surface area (Å²) in [7, 11) is -3.42. The summed E-state index contributed by atoms with van der Waals surface area (Å²) in [4.78, 5) is 19.4. The van der Waals surface area contributed by atoms with Crippen molar-refractivity contribution in [2.75, 3.05) is 13.7 Å². The van der Waals surface area contributed by atoms with Gasteiger partial charge in [-0.1, -0.05) is 12.1 Å². The molecule has 0 aliphatic carbocycles. The Bertz CT molecular complexity index is 1660. The maximum atomic E-state index is 13.9. The molecule has 1 unspecified atom stereocenters. The van der Waals surface area contributed by atoms with Crippen molar-refractivity contribution in [1.29, 1.82) is 0 Å². The number of pyridine rings is 1. The van der Waals surface area contributed by atoms with E-state index in [1.807, 2.05) is 0 Å². The zero-order valence-corrected chi connectivity index (χ0v) is 21.9. The summed E-state index contributed by atoms with van der Waals surface area (Å²) in [6.45, 7) is -0.0983. The predicted octanol–water partition coefficient (Wildman–Crippen LogP) is 3.28. The van der Waals surface area contributed by atoms with Crippen molar-refractivity contribution in [3.8, 4) is 11.5 Å². The van der Waals surface area contributed by atoms with Crippen LogP contribution in [0.4, 0.5) is 13.2 Å². The molecule has 2 heterocycles. The molecule has 10 nitrogen and oxygen atoms in total. The summed E-state index contributed by atoms with van der Waals surface area (Å²) in [5.74, 6) is -2.05. The van der Waals surface area contributed by atoms with Gasteiger partial charge in [0.05, 0.1) is 29.4 Å². The van der Waals surface area contributed by atoms with Crippen molar-refractivity contribution in [3.63, 3.8) is 0 Å². The number of nitrogens with zero attached hydrogens (tertiary/aromatic N) is 3. The number of rotatable bonds is 9. The van der Waals surface area contributed by atoms with Gasteiger partial charge in [-0.3, -0.25) is 4.98 Å². The molecule has 1 atom stereocenters. The molecular weight excluding hydrogens is 586 g/mol. The Morgan fingerprint density at radius 3 is 2.50 bits per heavy atom. The molecule has 2 aromatic carbocycles. The summed E-state index contributed by atoms with van der Waals surface area (Å²) < 4.78 is 90.0. The summed E-state index contributed by atoms with van der Waals surface area (Å²) in [6.07, 6.45) is -3.38. The molecule has 0 aliphatic rings. The van der Waals surface area contributed by atoms with Crippen LogP contribution < -0.4 is 9.47 Å². The average molecular weight is 608 g/mol. The van der Waals surface area contributed by atoms with E-state index >= 15 is 0 Å². The number of hydrogen-bond acceptors (Lipinski definition) is 8. The topological polar surface area (TPSA) is 144 Å². The maximum absolute atomic E-state index is 13.9. The Hall–Kier alpha value is -2.82. The van der Waals surface area contributed by atoms with Crippen LogP contribution in [-0.2, 0) is 27.0 Å². The van der Waals surface area contributed by atoms with E-state index < -0.39 is 55.8 Å². The van der Waals surface area contributed by atoms with Crippen LogP contribution in [0.5, 0.6) is 11.5 Å². The van der Waals surface area contributed by atoms with Crippen molar-refractivity contribution < 1.29 is 45.5 Å². The zero-order valence-electron chi connectivity index (χ0n) is 20.3. The Balaban J connectivity index is 0.00000441. The van der Waals surface area contributed by atoms with Crippen molar-refractivity contribution in [1.82, 2.24) is 13.9 Å². The molecule has 2 aromatic heterocycles. The first-order valence-corrected chi connectivity index (χ1v) is 13.8. The van der Waals surface area contributed by atoms with Crippen LogP contribution in [0.25, 0.3) is 11.0 Å². The van der Waals surface area contributed by atoms with E-state index in [9.17, 15) is 36.0 Å². The Morgan fingerprint density at radius 1 is 1.15 bits per heavy atom. The molecule has 0 amide bonds. The zero-order chi connectivity index (χ0) is 28.5. The van der Waals surface area contributed by atoms with Gasteiger partial charge in [0.1, 0.15) is 16.4 Å². The average Bonchev–Trinajstić information content (AvgIpc) is 3.29. The number of para-hydroxylation sites is 2. The molecule has 4 aromatic rings. The van der Waals surface area contributed by atoms with Crippen LogP contribution in [0.15, 0.2) is 64.8 Å². The minimum atomic E-state index is -4.63. The first-order chi connectivity index (χ1) is 18.3. The van der Waals surface area contributed by atoms with E-state index in [0.717, 1.165) is 10.0 Å². The third-order valence-corrected chi connectivity index (χ3v) is 8.60. The van der Waals surface area contributed by atoms with Crippen molar-refractivity contribution >= 4 is 67.8 Å². The summed E-state index contributed by atoms with van der Waals surface area (Å²) in [5, 5.41) is 8.99. The molecule has 4 rings (SSSR count). The van der Waals surface area contributed by atoms with Gasteiger partial charge in [0.15, 0.2) is 12.4 Å². The first-order valence-electron chi connectivity index (χ1n) is 11.0. The van der Waals surface area contributed by atoms with E-state index in [2.05, 4.69) is 9.97 Å². The number of fused-ring (bicyclic) bond motifs is 1. The molecule has 1 N–H and O–H groups in total. The number of benzene rings is 2. The monoisotopic (exact) mass is 607 g/mol. The predicted molar refractivity (Wildman–Crippen MR) is 140 cm³/mol. The van der Waals surface area contributed by atoms with Gasteiger partial charge in [-0.2, -0.15) is 22.1 Å². The van der Waals surface area contributed by atoms with Crippen LogP contribution >= 0.6 is 0 Å². The number of methoxy groups -OCH3 is 1. The number of hydrogen-bond donors (Lipinski definition) is 1. The number of imidazole rings is 1. The molecule has 16 heteroatoms. The second-order valence-corrected chi connectivity index (χ2v) is 11.2. The normalized spacial score (nSPS) is 12.6. The molecule has 0 aliphatic heterocycles. The number of carboxylic acids is 1. The fourth-order valence-corrected chi connectivity index (χ4v) is 6.91. The SMILES string of the molecule is COc1ccc(C(=O)O)cc1S(=O)(=O)n1c([S+]([O-])Cc2nccc(OCC(F)(F)F)c2C)nc2ccccc21.[NaH]. The molecule has 0 saturated heterocycles. The molecule has 0 bridgehead atoms. The van der Waals surface area contributed by atoms with E-state index in [0.29, 0.717) is 0 Å². The fraction of sp³-hybridized carbons (Fsp3) is 0.208. The number of halogens is 3. The quantitative estimate of drug-likeness (QED) is 0.224. The van der Waals surface area contributed by atoms with Gasteiger partial charge in [-0.15, -0.1) is 0 Å². The number of carboxylic acid groups (broad SMARTS) is 1. The van der Waals surface area contributed by atoms with Crippen molar-refractivity contribution in [2.24, 2.45) is 0 Å². The standard InChI is InChI=1S/C24H20F3N3O7S2.Na.H/c1-14-17(28-10-9-19(14)37-13-24(25,26)27)12-38(33)23-29-16-5-3-4-6-18(16)30(23)39(34,35)21-11-15(22(31)32)7-8-20(21)36-2;;/h3-11H,12-13H2,1-2H3,(H,31,32);;. The Labute approximate surface area is 251 Å². The minimum absolute atomic E-state index is 0. The fourth-order valence-electron chi connectivity index (χ4n) is 3.68. The Kier molecular flexibility index (Phi) is 9.80. The third kappa shape index (κ3) is 6.56. The molecule has 0 radical (unpaired) electrons. The van der Waals surface area contributed by atoms with E-state index in [1.54, 1.807) is 12.1 Å². The second kappa shape index (κ2) is 12.4. The molecule has 40 heavy (non-hydrogen) atoms. The van der Waals surface area contributed by atoms with Gasteiger partial charge in [0.2, 0.25) is 0 Å². The van der Waals surface area contributed by atoms with Crippen LogP contribution in [0.2, 0.25) is 0 Å². The third-order valence-electron chi connectivity index (χ3n) is 5.54. The van der Waals surface area contributed by atoms with E-state index in [-0.39, 0.29) is 68.9 Å². The van der Waals surface area contributed by atoms with Crippen LogP contribution in [0, 0.1) is 6.92 Å². The molecule has 208 valence electrons. The Morgan fingerprint density at radius 2 is 1.85 bits per heavy atom. The molecule has 0 fully saturated rings.